The third-order valence-electron chi connectivity index (χ3n) is 0.116. The van der Waals surface area contributed by atoms with E-state index in [9.17, 15) is 4.21 Å². The van der Waals surface area contributed by atoms with Crippen molar-refractivity contribution in [2.45, 2.75) is 0 Å². The van der Waals surface area contributed by atoms with Gasteiger partial charge in [-0.25, -0.2) is 4.21 Å². The molecular weight excluding hydrogens is 181 g/mol. The van der Waals surface area contributed by atoms with Gasteiger partial charge in [-0.1, -0.05) is 0 Å². The van der Waals surface area contributed by atoms with Crippen LogP contribution in [-0.2, 0) is 20.2 Å². The summed E-state index contributed by atoms with van der Waals surface area (Å²) in [7, 11) is -5.54. The minimum Gasteiger partial charge on any atom is -0.870 e. The van der Waals surface area contributed by atoms with Gasteiger partial charge in [-0.3, -0.25) is 8.76 Å². The van der Waals surface area contributed by atoms with E-state index in [-0.39, 0.29) is 41.2 Å². The van der Waals surface area contributed by atoms with Crippen molar-refractivity contribution in [2.75, 3.05) is 0 Å². The van der Waals surface area contributed by atoms with Crippen LogP contribution in [0.2, 0.25) is 0 Å². The Morgan fingerprint density at radius 2 is 1.44 bits per heavy atom. The molecule has 0 aromatic heterocycles. The summed E-state index contributed by atoms with van der Waals surface area (Å²) < 4.78 is 35.0. The summed E-state index contributed by atoms with van der Waals surface area (Å²) in [6, 6.07) is 0. The summed E-state index contributed by atoms with van der Waals surface area (Å²) in [5.74, 6) is 0. The Morgan fingerprint density at radius 1 is 1.33 bits per heavy atom. The molecule has 6 N–H and O–H groups in total. The van der Waals surface area contributed by atoms with Crippen molar-refractivity contribution in [2.24, 2.45) is 0 Å². The molecule has 0 radical (unpaired) electrons. The third-order valence-corrected chi connectivity index (χ3v) is 1.05. The van der Waals surface area contributed by atoms with Crippen LogP contribution in [0.4, 0.5) is 0 Å². The molecule has 0 saturated carbocycles. The molecule has 2 unspecified atom stereocenters. The van der Waals surface area contributed by atoms with Crippen LogP contribution in [0.25, 0.3) is 0 Å². The molecule has 0 fully saturated rings. The average Bonchev–Trinajstić information content (AvgIpc) is 1.36. The number of rotatable bonds is 1. The summed E-state index contributed by atoms with van der Waals surface area (Å²) in [6.45, 7) is 0. The standard InChI is InChI=1S/H3N.Na.H2O4S2.H2O/c;;1-5(2)6(3)4;/h1H3;;(H,1,2)(H,3,4);1H2/q;+1;;/p-1. The molecule has 0 aliphatic rings. The Balaban J connectivity index is -0.0000000417. The second-order valence-electron chi connectivity index (χ2n) is 0.421. The maximum atomic E-state index is 9.20. The van der Waals surface area contributed by atoms with E-state index in [2.05, 4.69) is 0 Å². The monoisotopic (exact) mass is 187 g/mol. The molecule has 6 nitrogen and oxygen atoms in total. The molecule has 0 aliphatic carbocycles. The van der Waals surface area contributed by atoms with E-state index in [1.165, 1.54) is 0 Å². The van der Waals surface area contributed by atoms with Crippen molar-refractivity contribution in [3.05, 3.63) is 0 Å². The Morgan fingerprint density at radius 3 is 1.44 bits per heavy atom. The predicted molar refractivity (Wildman–Crippen MR) is 27.6 cm³/mol. The van der Waals surface area contributed by atoms with E-state index >= 15 is 0 Å². The van der Waals surface area contributed by atoms with E-state index in [4.69, 9.17) is 13.3 Å². The van der Waals surface area contributed by atoms with Gasteiger partial charge in [0.1, 0.15) is 0 Å². The Hall–Kier alpha value is 1.14. The second kappa shape index (κ2) is 11.9. The largest absolute Gasteiger partial charge is 1.00 e. The SMILES string of the molecule is O=S([O-])S(=O)O.[NH4+].[Na+].[OH-]. The van der Waals surface area contributed by atoms with Crippen LogP contribution >= 0.6 is 0 Å². The number of quaternary nitrogens is 1. The predicted octanol–water partition coefficient (Wildman–Crippen LogP) is -3.79. The van der Waals surface area contributed by atoms with Crippen LogP contribution in [0.15, 0.2) is 0 Å². The quantitative estimate of drug-likeness (QED) is 0.246. The number of hydrogen-bond acceptors (Lipinski definition) is 4. The molecule has 0 amide bonds. The van der Waals surface area contributed by atoms with E-state index in [1.807, 2.05) is 0 Å². The van der Waals surface area contributed by atoms with Crippen molar-refractivity contribution in [1.82, 2.24) is 6.15 Å². The first-order valence-corrected chi connectivity index (χ1v) is 3.55. The molecule has 0 aromatic rings. The summed E-state index contributed by atoms with van der Waals surface area (Å²) in [6.07, 6.45) is 0. The van der Waals surface area contributed by atoms with Crippen molar-refractivity contribution >= 4 is 20.2 Å². The van der Waals surface area contributed by atoms with E-state index in [0.29, 0.717) is 0 Å². The molecule has 2 atom stereocenters. The van der Waals surface area contributed by atoms with Gasteiger partial charge in [-0.05, 0) is 0 Å². The molecule has 9 heteroatoms. The van der Waals surface area contributed by atoms with Gasteiger partial charge in [0, 0.05) is 0 Å². The van der Waals surface area contributed by atoms with Crippen molar-refractivity contribution in [3.8, 4) is 0 Å². The summed E-state index contributed by atoms with van der Waals surface area (Å²) >= 11 is 0. The molecule has 0 aliphatic heterocycles. The minimum absolute atomic E-state index is 0. The zero-order valence-corrected chi connectivity index (χ0v) is 8.57. The topological polar surface area (TPSA) is 144 Å². The Labute approximate surface area is 78.6 Å². The Kier molecular flexibility index (Phi) is 29.7. The van der Waals surface area contributed by atoms with Gasteiger partial charge in [-0.15, -0.1) is 0 Å². The molecule has 0 heterocycles. The summed E-state index contributed by atoms with van der Waals surface area (Å²) in [4.78, 5) is 0. The van der Waals surface area contributed by atoms with E-state index in [1.54, 1.807) is 0 Å². The van der Waals surface area contributed by atoms with Crippen LogP contribution in [0.3, 0.4) is 0 Å². The van der Waals surface area contributed by atoms with Gasteiger partial charge >= 0.3 is 29.6 Å². The fourth-order valence-electron chi connectivity index (χ4n) is 0. The first-order valence-electron chi connectivity index (χ1n) is 0.849. The molecule has 0 bridgehead atoms. The van der Waals surface area contributed by atoms with Gasteiger partial charge < -0.3 is 16.2 Å². The van der Waals surface area contributed by atoms with Gasteiger partial charge in [0.05, 0.1) is 10.1 Å². The second-order valence-corrected chi connectivity index (χ2v) is 2.94. The van der Waals surface area contributed by atoms with Crippen LogP contribution in [0.1, 0.15) is 0 Å². The maximum Gasteiger partial charge on any atom is 1.00 e. The van der Waals surface area contributed by atoms with Crippen LogP contribution in [0, 0.1) is 0 Å². The fraction of sp³-hybridized carbons (Fsp3) is 0. The van der Waals surface area contributed by atoms with E-state index < -0.39 is 20.2 Å². The van der Waals surface area contributed by atoms with Crippen molar-refractivity contribution < 1.29 is 52.6 Å². The molecule has 9 heavy (non-hydrogen) atoms. The van der Waals surface area contributed by atoms with Crippen molar-refractivity contribution in [3.63, 3.8) is 0 Å². The van der Waals surface area contributed by atoms with E-state index in [0.717, 1.165) is 0 Å². The van der Waals surface area contributed by atoms with Crippen LogP contribution in [-0.4, -0.2) is 23.0 Å². The van der Waals surface area contributed by atoms with Crippen molar-refractivity contribution in [1.29, 1.82) is 0 Å². The maximum absolute atomic E-state index is 9.20. The molecule has 54 valence electrons. The average molecular weight is 187 g/mol. The summed E-state index contributed by atoms with van der Waals surface area (Å²) in [5.41, 5.74) is 0. The Bertz CT molecular complexity index is 81.0. The van der Waals surface area contributed by atoms with Crippen LogP contribution < -0.4 is 35.7 Å². The molecule has 0 saturated heterocycles. The van der Waals surface area contributed by atoms with Gasteiger partial charge in [0.15, 0.2) is 0 Å². The number of hydrogen-bond donors (Lipinski definition) is 2. The zero-order valence-electron chi connectivity index (χ0n) is 4.94. The molecular formula is H6NNaO5S2. The van der Waals surface area contributed by atoms with Crippen LogP contribution in [0.5, 0.6) is 0 Å². The molecule has 0 aromatic carbocycles. The smallest absolute Gasteiger partial charge is 0.870 e. The third kappa shape index (κ3) is 17.6. The van der Waals surface area contributed by atoms with Gasteiger partial charge in [0.2, 0.25) is 10.1 Å². The van der Waals surface area contributed by atoms with Gasteiger partial charge in [0.25, 0.3) is 0 Å². The van der Waals surface area contributed by atoms with Gasteiger partial charge in [-0.2, -0.15) is 0 Å². The minimum atomic E-state index is -2.84. The summed E-state index contributed by atoms with van der Waals surface area (Å²) in [5, 5.41) is 0. The molecule has 0 rings (SSSR count). The first kappa shape index (κ1) is 22.5. The molecule has 0 spiro atoms. The zero-order chi connectivity index (χ0) is 5.15. The fourth-order valence-corrected chi connectivity index (χ4v) is 0. The normalized spacial score (nSPS) is 13.1. The first-order chi connectivity index (χ1) is 2.64.